The van der Waals surface area contributed by atoms with Gasteiger partial charge in [0, 0.05) is 25.7 Å². The van der Waals surface area contributed by atoms with Crippen molar-refractivity contribution in [3.63, 3.8) is 0 Å². The second-order valence-corrected chi connectivity index (χ2v) is 7.59. The molecule has 2 aromatic carbocycles. The Morgan fingerprint density at radius 2 is 1.94 bits per heavy atom. The first-order chi connectivity index (χ1) is 15.6. The fourth-order valence-corrected chi connectivity index (χ4v) is 3.53. The Morgan fingerprint density at radius 3 is 2.69 bits per heavy atom. The maximum atomic E-state index is 13.9. The molecule has 0 aliphatic carbocycles. The van der Waals surface area contributed by atoms with Crippen molar-refractivity contribution in [2.75, 3.05) is 28.6 Å². The molecule has 1 amide bonds. The normalized spacial score (nSPS) is 14.2. The summed E-state index contributed by atoms with van der Waals surface area (Å²) in [6.07, 6.45) is 3.43. The lowest BCUT2D eigenvalue weighted by Crippen LogP contribution is -2.38. The fourth-order valence-electron chi connectivity index (χ4n) is 3.53. The summed E-state index contributed by atoms with van der Waals surface area (Å²) >= 11 is 0. The second kappa shape index (κ2) is 10.1. The van der Waals surface area contributed by atoms with Gasteiger partial charge in [-0.25, -0.2) is 14.4 Å². The third-order valence-corrected chi connectivity index (χ3v) is 5.15. The van der Waals surface area contributed by atoms with Gasteiger partial charge in [0.05, 0.1) is 18.4 Å². The van der Waals surface area contributed by atoms with E-state index in [2.05, 4.69) is 42.6 Å². The van der Waals surface area contributed by atoms with Crippen LogP contribution in [0.4, 0.5) is 27.7 Å². The van der Waals surface area contributed by atoms with E-state index < -0.39 is 5.82 Å². The summed E-state index contributed by atoms with van der Waals surface area (Å²) in [6.45, 7) is 3.51. The number of piperidine rings is 1. The molecule has 0 unspecified atom stereocenters. The summed E-state index contributed by atoms with van der Waals surface area (Å²) in [5.41, 5.74) is 1.82. The number of nitrogens with zero attached hydrogens (tertiary/aromatic N) is 4. The van der Waals surface area contributed by atoms with Crippen molar-refractivity contribution in [3.8, 4) is 0 Å². The van der Waals surface area contributed by atoms with Crippen LogP contribution in [0.3, 0.4) is 0 Å². The molecule has 1 aliphatic rings. The van der Waals surface area contributed by atoms with Crippen molar-refractivity contribution in [1.82, 2.24) is 15.0 Å². The van der Waals surface area contributed by atoms with Crippen LogP contribution in [0.15, 0.2) is 54.9 Å². The Balaban J connectivity index is 1.34. The van der Waals surface area contributed by atoms with E-state index in [4.69, 9.17) is 4.74 Å². The number of anilines is 4. The quantitative estimate of drug-likeness (QED) is 0.580. The number of carbonyl (C=O) groups excluding carboxylic acids is 1. The number of nitrogens with one attached hydrogen (secondary N) is 2. The Morgan fingerprint density at radius 1 is 1.16 bits per heavy atom. The van der Waals surface area contributed by atoms with Crippen molar-refractivity contribution in [3.05, 3.63) is 66.2 Å². The molecule has 0 radical (unpaired) electrons. The van der Waals surface area contributed by atoms with Crippen molar-refractivity contribution < 1.29 is 13.9 Å². The first-order valence-corrected chi connectivity index (χ1v) is 10.5. The largest absolute Gasteiger partial charge is 0.373 e. The highest BCUT2D eigenvalue weighted by atomic mass is 19.1. The molecule has 3 aromatic rings. The van der Waals surface area contributed by atoms with Gasteiger partial charge in [-0.3, -0.25) is 4.79 Å². The average Bonchev–Trinajstić information content (AvgIpc) is 2.81. The van der Waals surface area contributed by atoms with Gasteiger partial charge >= 0.3 is 0 Å². The molecule has 0 bridgehead atoms. The summed E-state index contributed by atoms with van der Waals surface area (Å²) in [4.78, 5) is 26.3. The average molecular weight is 436 g/mol. The Kier molecular flexibility index (Phi) is 6.86. The minimum atomic E-state index is -0.514. The number of halogens is 1. The van der Waals surface area contributed by atoms with Crippen LogP contribution in [0.2, 0.25) is 0 Å². The molecule has 166 valence electrons. The molecule has 2 heterocycles. The Labute approximate surface area is 185 Å². The third kappa shape index (κ3) is 5.76. The van der Waals surface area contributed by atoms with Gasteiger partial charge in [-0.1, -0.05) is 30.3 Å². The maximum absolute atomic E-state index is 13.9. The number of ether oxygens (including phenoxy) is 1. The van der Waals surface area contributed by atoms with Gasteiger partial charge in [0.2, 0.25) is 17.8 Å². The van der Waals surface area contributed by atoms with E-state index in [-0.39, 0.29) is 17.7 Å². The molecular formula is C23H25FN6O2. The lowest BCUT2D eigenvalue weighted by molar-refractivity contribution is -0.114. The highest BCUT2D eigenvalue weighted by Gasteiger charge is 2.22. The zero-order valence-corrected chi connectivity index (χ0v) is 17.8. The van der Waals surface area contributed by atoms with Crippen molar-refractivity contribution in [2.24, 2.45) is 0 Å². The molecule has 9 heteroatoms. The van der Waals surface area contributed by atoms with E-state index >= 15 is 0 Å². The smallest absolute Gasteiger partial charge is 0.231 e. The van der Waals surface area contributed by atoms with Gasteiger partial charge in [-0.15, -0.1) is 0 Å². The van der Waals surface area contributed by atoms with Crippen LogP contribution in [-0.2, 0) is 16.1 Å². The highest BCUT2D eigenvalue weighted by molar-refractivity contribution is 5.89. The van der Waals surface area contributed by atoms with Crippen molar-refractivity contribution in [2.45, 2.75) is 32.5 Å². The van der Waals surface area contributed by atoms with E-state index in [0.717, 1.165) is 25.9 Å². The van der Waals surface area contributed by atoms with Crippen LogP contribution < -0.4 is 15.5 Å². The number of aromatic nitrogens is 3. The molecule has 1 fully saturated rings. The van der Waals surface area contributed by atoms with Crippen LogP contribution >= 0.6 is 0 Å². The Hall–Kier alpha value is -3.59. The molecule has 2 N–H and O–H groups in total. The molecule has 8 nitrogen and oxygen atoms in total. The molecule has 1 aromatic heterocycles. The van der Waals surface area contributed by atoms with Crippen molar-refractivity contribution in [1.29, 1.82) is 0 Å². The van der Waals surface area contributed by atoms with Crippen molar-refractivity contribution >= 4 is 29.2 Å². The summed E-state index contributed by atoms with van der Waals surface area (Å²) < 4.78 is 19.9. The van der Waals surface area contributed by atoms with Gasteiger partial charge in [-0.2, -0.15) is 4.98 Å². The molecule has 1 aliphatic heterocycles. The lowest BCUT2D eigenvalue weighted by atomic mass is 10.1. The first-order valence-electron chi connectivity index (χ1n) is 10.5. The molecule has 0 spiro atoms. The van der Waals surface area contributed by atoms with E-state index in [0.29, 0.717) is 24.2 Å². The lowest BCUT2D eigenvalue weighted by Gasteiger charge is -2.31. The maximum Gasteiger partial charge on any atom is 0.231 e. The van der Waals surface area contributed by atoms with Crippen LogP contribution in [0.1, 0.15) is 25.3 Å². The van der Waals surface area contributed by atoms with Gasteiger partial charge < -0.3 is 20.3 Å². The predicted molar refractivity (Wildman–Crippen MR) is 120 cm³/mol. The second-order valence-electron chi connectivity index (χ2n) is 7.59. The van der Waals surface area contributed by atoms with Gasteiger partial charge in [0.1, 0.15) is 12.1 Å². The summed E-state index contributed by atoms with van der Waals surface area (Å²) in [6, 6.07) is 14.5. The predicted octanol–water partition coefficient (Wildman–Crippen LogP) is 3.90. The monoisotopic (exact) mass is 436 g/mol. The van der Waals surface area contributed by atoms with E-state index in [1.54, 1.807) is 6.07 Å². The summed E-state index contributed by atoms with van der Waals surface area (Å²) in [5.74, 6) is 0.0603. The van der Waals surface area contributed by atoms with E-state index in [1.807, 2.05) is 18.2 Å². The summed E-state index contributed by atoms with van der Waals surface area (Å²) in [5, 5.41) is 5.50. The molecule has 0 atom stereocenters. The van der Waals surface area contributed by atoms with Gasteiger partial charge in [0.15, 0.2) is 0 Å². The van der Waals surface area contributed by atoms with Gasteiger partial charge in [0.25, 0.3) is 0 Å². The number of rotatable bonds is 7. The van der Waals surface area contributed by atoms with E-state index in [9.17, 15) is 9.18 Å². The number of hydrogen-bond acceptors (Lipinski definition) is 7. The zero-order chi connectivity index (χ0) is 22.3. The number of amides is 1. The molecule has 32 heavy (non-hydrogen) atoms. The van der Waals surface area contributed by atoms with Crippen LogP contribution in [0.5, 0.6) is 0 Å². The minimum Gasteiger partial charge on any atom is -0.373 e. The SMILES string of the molecule is CC(=O)Nc1cc(Nc2ncnc(N3CCC(OCc4ccccc4)CC3)n2)ccc1F. The van der Waals surface area contributed by atoms with Crippen LogP contribution in [0.25, 0.3) is 0 Å². The van der Waals surface area contributed by atoms with E-state index in [1.165, 1.54) is 30.9 Å². The minimum absolute atomic E-state index is 0.0920. The topological polar surface area (TPSA) is 92.3 Å². The summed E-state index contributed by atoms with van der Waals surface area (Å²) in [7, 11) is 0. The molecule has 0 saturated carbocycles. The van der Waals surface area contributed by atoms with Gasteiger partial charge in [-0.05, 0) is 36.6 Å². The number of hydrogen-bond donors (Lipinski definition) is 2. The molecule has 1 saturated heterocycles. The zero-order valence-electron chi connectivity index (χ0n) is 17.8. The molecular weight excluding hydrogens is 411 g/mol. The first kappa shape index (κ1) is 21.6. The Bertz CT molecular complexity index is 1060. The van der Waals surface area contributed by atoms with Crippen LogP contribution in [-0.4, -0.2) is 40.1 Å². The standard InChI is InChI=1S/C23H25FN6O2/c1-16(31)27-21-13-18(7-8-20(21)24)28-22-25-15-26-23(29-22)30-11-9-19(10-12-30)32-14-17-5-3-2-4-6-17/h2-8,13,15,19H,9-12,14H2,1H3,(H,27,31)(H,25,26,28,29). The number of carbonyl (C=O) groups is 1. The fraction of sp³-hybridized carbons (Fsp3) is 0.304. The van der Waals surface area contributed by atoms with Crippen LogP contribution in [0, 0.1) is 5.82 Å². The highest BCUT2D eigenvalue weighted by Crippen LogP contribution is 2.23. The number of benzene rings is 2. The third-order valence-electron chi connectivity index (χ3n) is 5.15. The molecule has 4 rings (SSSR count).